The van der Waals surface area contributed by atoms with E-state index in [4.69, 9.17) is 11.5 Å². The van der Waals surface area contributed by atoms with Gasteiger partial charge in [0.2, 0.25) is 5.91 Å². The zero-order chi connectivity index (χ0) is 13.3. The van der Waals surface area contributed by atoms with Gasteiger partial charge < -0.3 is 21.5 Å². The van der Waals surface area contributed by atoms with E-state index in [0.717, 1.165) is 0 Å². The van der Waals surface area contributed by atoms with Crippen LogP contribution in [-0.4, -0.2) is 40.5 Å². The number of amides is 2. The zero-order valence-corrected chi connectivity index (χ0v) is 9.74. The van der Waals surface area contributed by atoms with Crippen molar-refractivity contribution < 1.29 is 14.7 Å². The first kappa shape index (κ1) is 12.4. The number of hydrogen-bond acceptors (Lipinski definition) is 4. The number of nitrogen functional groups attached to an aromatic ring is 1. The van der Waals surface area contributed by atoms with Gasteiger partial charge in [-0.15, -0.1) is 0 Å². The molecule has 1 aliphatic heterocycles. The first-order chi connectivity index (χ1) is 8.49. The van der Waals surface area contributed by atoms with Crippen molar-refractivity contribution >= 4 is 17.5 Å². The summed E-state index contributed by atoms with van der Waals surface area (Å²) in [5.74, 6) is -0.925. The molecule has 2 unspecified atom stereocenters. The lowest BCUT2D eigenvalue weighted by Crippen LogP contribution is -2.43. The molecule has 1 aliphatic rings. The number of β-amino-alcohol motifs (C(OH)–C–C–N with tert-alkyl or cyclic N) is 1. The predicted octanol–water partition coefficient (Wildman–Crippen LogP) is -0.670. The molecule has 0 spiro atoms. The van der Waals surface area contributed by atoms with Gasteiger partial charge in [0, 0.05) is 24.2 Å². The Morgan fingerprint density at radius 3 is 2.44 bits per heavy atom. The Hall–Kier alpha value is -2.08. The minimum atomic E-state index is -0.745. The lowest BCUT2D eigenvalue weighted by Gasteiger charge is -2.21. The molecule has 1 aromatic rings. The second kappa shape index (κ2) is 4.66. The van der Waals surface area contributed by atoms with Gasteiger partial charge in [0.1, 0.15) is 6.04 Å². The Bertz CT molecular complexity index is 472. The van der Waals surface area contributed by atoms with Gasteiger partial charge in [-0.05, 0) is 24.3 Å². The third-order valence-corrected chi connectivity index (χ3v) is 3.03. The van der Waals surface area contributed by atoms with E-state index >= 15 is 0 Å². The first-order valence-electron chi connectivity index (χ1n) is 5.63. The maximum atomic E-state index is 12.2. The van der Waals surface area contributed by atoms with Crippen molar-refractivity contribution in [3.05, 3.63) is 29.8 Å². The summed E-state index contributed by atoms with van der Waals surface area (Å²) < 4.78 is 0. The maximum absolute atomic E-state index is 12.2. The Balaban J connectivity index is 2.22. The SMILES string of the molecule is NC(=O)C1CC(O)CN1C(=O)c1ccc(N)cc1. The van der Waals surface area contributed by atoms with Crippen molar-refractivity contribution in [1.82, 2.24) is 4.90 Å². The minimum absolute atomic E-state index is 0.122. The fourth-order valence-electron chi connectivity index (χ4n) is 2.10. The lowest BCUT2D eigenvalue weighted by atomic mass is 10.1. The second-order valence-corrected chi connectivity index (χ2v) is 4.39. The number of rotatable bonds is 2. The van der Waals surface area contributed by atoms with Crippen LogP contribution in [0.5, 0.6) is 0 Å². The Morgan fingerprint density at radius 2 is 1.89 bits per heavy atom. The third-order valence-electron chi connectivity index (χ3n) is 3.03. The zero-order valence-electron chi connectivity index (χ0n) is 9.74. The fraction of sp³-hybridized carbons (Fsp3) is 0.333. The molecule has 96 valence electrons. The van der Waals surface area contributed by atoms with E-state index in [0.29, 0.717) is 11.3 Å². The van der Waals surface area contributed by atoms with Gasteiger partial charge in [-0.25, -0.2) is 0 Å². The van der Waals surface area contributed by atoms with E-state index < -0.39 is 18.1 Å². The number of carbonyl (C=O) groups excluding carboxylic acids is 2. The number of likely N-dealkylation sites (tertiary alicyclic amines) is 1. The molecule has 1 fully saturated rings. The average molecular weight is 249 g/mol. The van der Waals surface area contributed by atoms with Crippen LogP contribution in [-0.2, 0) is 4.79 Å². The van der Waals surface area contributed by atoms with Gasteiger partial charge in [0.25, 0.3) is 5.91 Å². The molecule has 1 aromatic carbocycles. The highest BCUT2D eigenvalue weighted by molar-refractivity contribution is 5.98. The summed E-state index contributed by atoms with van der Waals surface area (Å²) in [4.78, 5) is 24.7. The van der Waals surface area contributed by atoms with Crippen molar-refractivity contribution in [1.29, 1.82) is 0 Å². The summed E-state index contributed by atoms with van der Waals surface area (Å²) in [5, 5.41) is 9.54. The molecule has 1 heterocycles. The lowest BCUT2D eigenvalue weighted by molar-refractivity contribution is -0.121. The smallest absolute Gasteiger partial charge is 0.254 e. The number of carbonyl (C=O) groups is 2. The van der Waals surface area contributed by atoms with Crippen LogP contribution in [0.2, 0.25) is 0 Å². The molecule has 6 nitrogen and oxygen atoms in total. The van der Waals surface area contributed by atoms with Gasteiger partial charge in [-0.1, -0.05) is 0 Å². The van der Waals surface area contributed by atoms with Gasteiger partial charge >= 0.3 is 0 Å². The Labute approximate surface area is 104 Å². The number of aliphatic hydroxyl groups excluding tert-OH is 1. The molecule has 2 rings (SSSR count). The van der Waals surface area contributed by atoms with E-state index in [1.54, 1.807) is 24.3 Å². The quantitative estimate of drug-likeness (QED) is 0.604. The van der Waals surface area contributed by atoms with Gasteiger partial charge in [-0.3, -0.25) is 9.59 Å². The number of benzene rings is 1. The number of nitrogens with zero attached hydrogens (tertiary/aromatic N) is 1. The van der Waals surface area contributed by atoms with E-state index in [9.17, 15) is 14.7 Å². The largest absolute Gasteiger partial charge is 0.399 e. The number of anilines is 1. The van der Waals surface area contributed by atoms with Crippen molar-refractivity contribution in [2.45, 2.75) is 18.6 Å². The summed E-state index contributed by atoms with van der Waals surface area (Å²) >= 11 is 0. The summed E-state index contributed by atoms with van der Waals surface area (Å²) in [7, 11) is 0. The molecular weight excluding hydrogens is 234 g/mol. The molecular formula is C12H15N3O3. The molecule has 0 saturated carbocycles. The van der Waals surface area contributed by atoms with Gasteiger partial charge in [0.15, 0.2) is 0 Å². The number of hydrogen-bond donors (Lipinski definition) is 3. The van der Waals surface area contributed by atoms with E-state index in [-0.39, 0.29) is 18.9 Å². The van der Waals surface area contributed by atoms with Crippen LogP contribution in [0.25, 0.3) is 0 Å². The first-order valence-corrected chi connectivity index (χ1v) is 5.63. The molecule has 18 heavy (non-hydrogen) atoms. The predicted molar refractivity (Wildman–Crippen MR) is 65.5 cm³/mol. The van der Waals surface area contributed by atoms with Crippen LogP contribution in [0.1, 0.15) is 16.8 Å². The highest BCUT2D eigenvalue weighted by Crippen LogP contribution is 2.20. The molecule has 6 heteroatoms. The molecule has 0 aliphatic carbocycles. The average Bonchev–Trinajstić information content (AvgIpc) is 2.71. The van der Waals surface area contributed by atoms with Crippen LogP contribution >= 0.6 is 0 Å². The highest BCUT2D eigenvalue weighted by Gasteiger charge is 2.37. The molecule has 5 N–H and O–H groups in total. The van der Waals surface area contributed by atoms with Crippen LogP contribution in [0.3, 0.4) is 0 Å². The van der Waals surface area contributed by atoms with Crippen LogP contribution in [0.15, 0.2) is 24.3 Å². The molecule has 0 radical (unpaired) electrons. The summed E-state index contributed by atoms with van der Waals surface area (Å²) in [5.41, 5.74) is 11.7. The topological polar surface area (TPSA) is 110 Å². The van der Waals surface area contributed by atoms with Crippen LogP contribution in [0.4, 0.5) is 5.69 Å². The van der Waals surface area contributed by atoms with Crippen molar-refractivity contribution in [3.8, 4) is 0 Å². The molecule has 2 atom stereocenters. The van der Waals surface area contributed by atoms with Crippen LogP contribution < -0.4 is 11.5 Å². The fourth-order valence-corrected chi connectivity index (χ4v) is 2.10. The second-order valence-electron chi connectivity index (χ2n) is 4.39. The monoisotopic (exact) mass is 249 g/mol. The number of aliphatic hydroxyl groups is 1. The third kappa shape index (κ3) is 2.28. The normalized spacial score (nSPS) is 23.1. The van der Waals surface area contributed by atoms with Crippen molar-refractivity contribution in [2.75, 3.05) is 12.3 Å². The van der Waals surface area contributed by atoms with Gasteiger partial charge in [0.05, 0.1) is 6.10 Å². The van der Waals surface area contributed by atoms with Crippen molar-refractivity contribution in [2.24, 2.45) is 5.73 Å². The number of primary amides is 1. The van der Waals surface area contributed by atoms with Gasteiger partial charge in [-0.2, -0.15) is 0 Å². The van der Waals surface area contributed by atoms with E-state index in [1.165, 1.54) is 4.90 Å². The highest BCUT2D eigenvalue weighted by atomic mass is 16.3. The molecule has 0 aromatic heterocycles. The van der Waals surface area contributed by atoms with E-state index in [2.05, 4.69) is 0 Å². The number of nitrogens with two attached hydrogens (primary N) is 2. The Morgan fingerprint density at radius 1 is 1.28 bits per heavy atom. The van der Waals surface area contributed by atoms with Crippen molar-refractivity contribution in [3.63, 3.8) is 0 Å². The summed E-state index contributed by atoms with van der Waals surface area (Å²) in [6.45, 7) is 0.122. The standard InChI is InChI=1S/C12H15N3O3/c13-8-3-1-7(2-4-8)12(18)15-6-9(16)5-10(15)11(14)17/h1-4,9-10,16H,5-6,13H2,(H2,14,17). The summed E-state index contributed by atoms with van der Waals surface area (Å²) in [6, 6.07) is 5.64. The minimum Gasteiger partial charge on any atom is -0.399 e. The van der Waals surface area contributed by atoms with Crippen LogP contribution in [0, 0.1) is 0 Å². The molecule has 0 bridgehead atoms. The Kier molecular flexibility index (Phi) is 3.20. The maximum Gasteiger partial charge on any atom is 0.254 e. The summed E-state index contributed by atoms with van der Waals surface area (Å²) in [6.07, 6.45) is -0.518. The molecule has 2 amide bonds. The molecule has 1 saturated heterocycles. The van der Waals surface area contributed by atoms with E-state index in [1.807, 2.05) is 0 Å².